The lowest BCUT2D eigenvalue weighted by Crippen LogP contribution is -2.39. The van der Waals surface area contributed by atoms with Gasteiger partial charge < -0.3 is 10.4 Å². The van der Waals surface area contributed by atoms with Crippen molar-refractivity contribution in [1.82, 2.24) is 20.5 Å². The van der Waals surface area contributed by atoms with Crippen molar-refractivity contribution in [3.05, 3.63) is 11.6 Å². The molecule has 6 heteroatoms. The zero-order valence-corrected chi connectivity index (χ0v) is 9.94. The summed E-state index contributed by atoms with van der Waals surface area (Å²) in [5.41, 5.74) is 0. The van der Waals surface area contributed by atoms with Crippen molar-refractivity contribution >= 4 is 5.91 Å². The summed E-state index contributed by atoms with van der Waals surface area (Å²) >= 11 is 0. The fraction of sp³-hybridized carbons (Fsp3) is 0.727. The van der Waals surface area contributed by atoms with Gasteiger partial charge in [0.05, 0.1) is 6.10 Å². The normalized spacial score (nSPS) is 24.6. The third-order valence-electron chi connectivity index (χ3n) is 3.10. The van der Waals surface area contributed by atoms with Crippen molar-refractivity contribution in [3.63, 3.8) is 0 Å². The van der Waals surface area contributed by atoms with Crippen LogP contribution >= 0.6 is 0 Å². The molecule has 0 aromatic carbocycles. The van der Waals surface area contributed by atoms with E-state index in [1.807, 2.05) is 6.92 Å². The number of rotatable bonds is 3. The second-order valence-corrected chi connectivity index (χ2v) is 4.44. The Hall–Kier alpha value is -1.43. The second kappa shape index (κ2) is 5.27. The first-order chi connectivity index (χ1) is 8.19. The Morgan fingerprint density at radius 3 is 2.76 bits per heavy atom. The van der Waals surface area contributed by atoms with Gasteiger partial charge in [-0.15, -0.1) is 5.10 Å². The van der Waals surface area contributed by atoms with Gasteiger partial charge in [-0.25, -0.2) is 4.98 Å². The van der Waals surface area contributed by atoms with Crippen molar-refractivity contribution in [2.24, 2.45) is 0 Å². The zero-order valence-electron chi connectivity index (χ0n) is 9.94. The molecular formula is C11H18N4O2. The topological polar surface area (TPSA) is 90.9 Å². The average Bonchev–Trinajstić information content (AvgIpc) is 2.81. The molecule has 2 rings (SSSR count). The minimum atomic E-state index is -0.234. The highest BCUT2D eigenvalue weighted by Gasteiger charge is 2.22. The van der Waals surface area contributed by atoms with Gasteiger partial charge in [0.2, 0.25) is 5.82 Å². The number of aromatic amines is 1. The zero-order chi connectivity index (χ0) is 12.3. The highest BCUT2D eigenvalue weighted by atomic mass is 16.3. The third-order valence-corrected chi connectivity index (χ3v) is 3.10. The van der Waals surface area contributed by atoms with Gasteiger partial charge in [-0.2, -0.15) is 0 Å². The second-order valence-electron chi connectivity index (χ2n) is 4.44. The number of aliphatic hydroxyl groups excluding tert-OH is 1. The molecule has 3 N–H and O–H groups in total. The Morgan fingerprint density at radius 2 is 2.18 bits per heavy atom. The van der Waals surface area contributed by atoms with Crippen molar-refractivity contribution < 1.29 is 9.90 Å². The molecule has 94 valence electrons. The molecule has 0 radical (unpaired) electrons. The number of hydrogen-bond donors (Lipinski definition) is 3. The quantitative estimate of drug-likeness (QED) is 0.711. The summed E-state index contributed by atoms with van der Waals surface area (Å²) in [6, 6.07) is 0.134. The molecule has 1 amide bonds. The van der Waals surface area contributed by atoms with E-state index in [-0.39, 0.29) is 23.9 Å². The van der Waals surface area contributed by atoms with Crippen molar-refractivity contribution in [2.75, 3.05) is 0 Å². The molecular weight excluding hydrogens is 220 g/mol. The summed E-state index contributed by atoms with van der Waals surface area (Å²) in [6.45, 7) is 1.95. The van der Waals surface area contributed by atoms with Crippen LogP contribution in [0.2, 0.25) is 0 Å². The fourth-order valence-corrected chi connectivity index (χ4v) is 2.03. The van der Waals surface area contributed by atoms with Crippen LogP contribution in [0, 0.1) is 0 Å². The van der Waals surface area contributed by atoms with Crippen LogP contribution in [-0.2, 0) is 6.42 Å². The number of nitrogens with zero attached hydrogens (tertiary/aromatic N) is 2. The molecule has 0 atom stereocenters. The van der Waals surface area contributed by atoms with Gasteiger partial charge in [-0.3, -0.25) is 9.89 Å². The van der Waals surface area contributed by atoms with E-state index in [4.69, 9.17) is 0 Å². The van der Waals surface area contributed by atoms with Crippen LogP contribution in [-0.4, -0.2) is 38.3 Å². The molecule has 1 fully saturated rings. The molecule has 0 saturated heterocycles. The molecule has 1 aromatic heterocycles. The van der Waals surface area contributed by atoms with Crippen molar-refractivity contribution in [2.45, 2.75) is 51.2 Å². The lowest BCUT2D eigenvalue weighted by atomic mass is 9.93. The molecule has 1 aliphatic carbocycles. The molecule has 0 unspecified atom stereocenters. The molecule has 17 heavy (non-hydrogen) atoms. The number of aliphatic hydroxyl groups is 1. The first kappa shape index (κ1) is 12.0. The number of nitrogens with one attached hydrogen (secondary N) is 2. The van der Waals surface area contributed by atoms with Crippen LogP contribution in [0.25, 0.3) is 0 Å². The van der Waals surface area contributed by atoms with Gasteiger partial charge in [-0.05, 0) is 25.7 Å². The van der Waals surface area contributed by atoms with E-state index in [0.29, 0.717) is 5.82 Å². The lowest BCUT2D eigenvalue weighted by molar-refractivity contribution is 0.0858. The molecule has 0 aliphatic heterocycles. The predicted octanol–water partition coefficient (Wildman–Crippen LogP) is 0.400. The van der Waals surface area contributed by atoms with Gasteiger partial charge >= 0.3 is 0 Å². The maximum absolute atomic E-state index is 11.8. The van der Waals surface area contributed by atoms with E-state index < -0.39 is 0 Å². The van der Waals surface area contributed by atoms with Crippen molar-refractivity contribution in [3.8, 4) is 0 Å². The van der Waals surface area contributed by atoms with E-state index in [9.17, 15) is 9.90 Å². The van der Waals surface area contributed by atoms with Gasteiger partial charge in [-0.1, -0.05) is 6.92 Å². The molecule has 0 bridgehead atoms. The van der Waals surface area contributed by atoms with Crippen LogP contribution in [0.4, 0.5) is 0 Å². The molecule has 1 saturated carbocycles. The number of aromatic nitrogens is 3. The molecule has 1 aliphatic rings. The molecule has 6 nitrogen and oxygen atoms in total. The van der Waals surface area contributed by atoms with Crippen LogP contribution < -0.4 is 5.32 Å². The number of carbonyl (C=O) groups excluding carboxylic acids is 1. The summed E-state index contributed by atoms with van der Waals surface area (Å²) in [6.07, 6.45) is 3.66. The first-order valence-corrected chi connectivity index (χ1v) is 6.09. The maximum Gasteiger partial charge on any atom is 0.291 e. The largest absolute Gasteiger partial charge is 0.393 e. The Kier molecular flexibility index (Phi) is 3.73. The molecule has 1 heterocycles. The van der Waals surface area contributed by atoms with Gasteiger partial charge in [0.15, 0.2) is 0 Å². The first-order valence-electron chi connectivity index (χ1n) is 6.09. The highest BCUT2D eigenvalue weighted by molar-refractivity contribution is 5.90. The van der Waals surface area contributed by atoms with Crippen molar-refractivity contribution in [1.29, 1.82) is 0 Å². The monoisotopic (exact) mass is 238 g/mol. The Balaban J connectivity index is 1.88. The SMILES string of the molecule is CCc1nc(C(=O)NC2CCC(O)CC2)n[nH]1. The smallest absolute Gasteiger partial charge is 0.291 e. The van der Waals surface area contributed by atoms with E-state index in [1.54, 1.807) is 0 Å². The number of hydrogen-bond acceptors (Lipinski definition) is 4. The number of carbonyl (C=O) groups is 1. The standard InChI is InChI=1S/C11H18N4O2/c1-2-9-13-10(15-14-9)11(17)12-7-3-5-8(16)6-4-7/h7-8,16H,2-6H2,1H3,(H,12,17)(H,13,14,15). The average molecular weight is 238 g/mol. The summed E-state index contributed by atoms with van der Waals surface area (Å²) in [5, 5.41) is 18.9. The Morgan fingerprint density at radius 1 is 1.47 bits per heavy atom. The van der Waals surface area contributed by atoms with E-state index in [0.717, 1.165) is 32.1 Å². The van der Waals surface area contributed by atoms with Crippen LogP contribution in [0.3, 0.4) is 0 Å². The fourth-order valence-electron chi connectivity index (χ4n) is 2.03. The summed E-state index contributed by atoms with van der Waals surface area (Å²) in [5.74, 6) is 0.685. The lowest BCUT2D eigenvalue weighted by Gasteiger charge is -2.25. The third kappa shape index (κ3) is 3.03. The number of H-pyrrole nitrogens is 1. The van der Waals surface area contributed by atoms with Gasteiger partial charge in [0, 0.05) is 12.5 Å². The molecule has 1 aromatic rings. The maximum atomic E-state index is 11.8. The summed E-state index contributed by atoms with van der Waals surface area (Å²) in [7, 11) is 0. The number of amides is 1. The van der Waals surface area contributed by atoms with Crippen LogP contribution in [0.1, 0.15) is 49.1 Å². The summed E-state index contributed by atoms with van der Waals surface area (Å²) in [4.78, 5) is 15.9. The van der Waals surface area contributed by atoms with Gasteiger partial charge in [0.25, 0.3) is 5.91 Å². The predicted molar refractivity (Wildman–Crippen MR) is 61.5 cm³/mol. The minimum Gasteiger partial charge on any atom is -0.393 e. The van der Waals surface area contributed by atoms with E-state index in [1.165, 1.54) is 0 Å². The number of aryl methyl sites for hydroxylation is 1. The van der Waals surface area contributed by atoms with Crippen LogP contribution in [0.5, 0.6) is 0 Å². The Labute approximate surface area is 99.8 Å². The Bertz CT molecular complexity index is 383. The molecule has 0 spiro atoms. The van der Waals surface area contributed by atoms with Gasteiger partial charge in [0.1, 0.15) is 5.82 Å². The highest BCUT2D eigenvalue weighted by Crippen LogP contribution is 2.18. The summed E-state index contributed by atoms with van der Waals surface area (Å²) < 4.78 is 0. The van der Waals surface area contributed by atoms with E-state index >= 15 is 0 Å². The minimum absolute atomic E-state index is 0.134. The van der Waals surface area contributed by atoms with E-state index in [2.05, 4.69) is 20.5 Å². The van der Waals surface area contributed by atoms with Crippen LogP contribution in [0.15, 0.2) is 0 Å².